The average Bonchev–Trinajstić information content (AvgIpc) is 2.66. The monoisotopic (exact) mass is 409 g/mol. The minimum atomic E-state index is -4.66. The number of nitrogens with one attached hydrogen (secondary N) is 2. The van der Waals surface area contributed by atoms with E-state index in [1.807, 2.05) is 6.07 Å². The minimum absolute atomic E-state index is 0.129. The summed E-state index contributed by atoms with van der Waals surface area (Å²) in [7, 11) is 1.53. The Kier molecular flexibility index (Phi) is 6.90. The van der Waals surface area contributed by atoms with E-state index in [0.29, 0.717) is 18.4 Å². The fraction of sp³-hybridized carbons (Fsp3) is 0.158. The van der Waals surface area contributed by atoms with Gasteiger partial charge in [-0.3, -0.25) is 4.79 Å². The lowest BCUT2D eigenvalue weighted by molar-refractivity contribution is -0.137. The predicted octanol–water partition coefficient (Wildman–Crippen LogP) is 4.50. The Labute approximate surface area is 164 Å². The summed E-state index contributed by atoms with van der Waals surface area (Å²) in [5, 5.41) is 13.7. The summed E-state index contributed by atoms with van der Waals surface area (Å²) in [6, 6.07) is 11.8. The van der Waals surface area contributed by atoms with Gasteiger partial charge < -0.3 is 15.4 Å². The van der Waals surface area contributed by atoms with Crippen LogP contribution >= 0.6 is 11.6 Å². The van der Waals surface area contributed by atoms with E-state index in [4.69, 9.17) is 21.6 Å². The zero-order valence-corrected chi connectivity index (χ0v) is 15.4. The summed E-state index contributed by atoms with van der Waals surface area (Å²) in [4.78, 5) is 12.2. The van der Waals surface area contributed by atoms with Gasteiger partial charge in [0.2, 0.25) is 0 Å². The summed E-state index contributed by atoms with van der Waals surface area (Å²) < 4.78 is 43.8. The Morgan fingerprint density at radius 2 is 2.04 bits per heavy atom. The van der Waals surface area contributed by atoms with Crippen molar-refractivity contribution < 1.29 is 22.7 Å². The molecule has 2 N–H and O–H groups in total. The maximum atomic E-state index is 12.9. The van der Waals surface area contributed by atoms with E-state index in [-0.39, 0.29) is 11.3 Å². The molecule has 0 heterocycles. The van der Waals surface area contributed by atoms with E-state index in [1.54, 1.807) is 24.3 Å². The lowest BCUT2D eigenvalue weighted by Crippen LogP contribution is -2.17. The number of carbonyl (C=O) groups is 1. The quantitative estimate of drug-likeness (QED) is 0.544. The lowest BCUT2D eigenvalue weighted by Gasteiger charge is -2.11. The number of nitrogens with zero attached hydrogens (tertiary/aromatic N) is 1. The topological polar surface area (TPSA) is 74.1 Å². The van der Waals surface area contributed by atoms with E-state index in [9.17, 15) is 18.0 Å². The van der Waals surface area contributed by atoms with Crippen LogP contribution < -0.4 is 15.4 Å². The van der Waals surface area contributed by atoms with E-state index in [2.05, 4.69) is 10.6 Å². The fourth-order valence-electron chi connectivity index (χ4n) is 2.22. The summed E-state index contributed by atoms with van der Waals surface area (Å²) in [6.45, 7) is 0.314. The molecule has 0 atom stereocenters. The Morgan fingerprint density at radius 3 is 2.68 bits per heavy atom. The molecule has 0 spiro atoms. The first-order chi connectivity index (χ1) is 13.2. The van der Waals surface area contributed by atoms with Crippen LogP contribution in [0.5, 0.6) is 5.75 Å². The molecule has 1 amide bonds. The largest absolute Gasteiger partial charge is 0.497 e. The number of anilines is 1. The van der Waals surface area contributed by atoms with Crippen LogP contribution in [0.15, 0.2) is 54.2 Å². The third-order valence-electron chi connectivity index (χ3n) is 3.58. The predicted molar refractivity (Wildman–Crippen MR) is 98.6 cm³/mol. The Hall–Kier alpha value is -3.18. The molecule has 0 fully saturated rings. The van der Waals surface area contributed by atoms with Crippen LogP contribution in [0, 0.1) is 11.3 Å². The van der Waals surface area contributed by atoms with Crippen molar-refractivity contribution in [3.63, 3.8) is 0 Å². The number of halogens is 4. The van der Waals surface area contributed by atoms with Crippen LogP contribution in [-0.2, 0) is 17.5 Å². The summed E-state index contributed by atoms with van der Waals surface area (Å²) in [6.07, 6.45) is -3.47. The highest BCUT2D eigenvalue weighted by molar-refractivity contribution is 6.31. The van der Waals surface area contributed by atoms with Crippen molar-refractivity contribution in [3.05, 3.63) is 70.4 Å². The Bertz CT molecular complexity index is 937. The van der Waals surface area contributed by atoms with E-state index >= 15 is 0 Å². The number of hydrogen-bond donors (Lipinski definition) is 2. The second-order valence-electron chi connectivity index (χ2n) is 5.55. The molecule has 2 aromatic rings. The van der Waals surface area contributed by atoms with Crippen LogP contribution in [-0.4, -0.2) is 13.0 Å². The number of carbonyl (C=O) groups excluding carboxylic acids is 1. The SMILES string of the molecule is COc1cccc(CN/C=C(/C#N)C(=O)Nc2ccc(Cl)c(C(F)(F)F)c2)c1. The average molecular weight is 410 g/mol. The molecular weight excluding hydrogens is 395 g/mol. The Balaban J connectivity index is 2.07. The van der Waals surface area contributed by atoms with Gasteiger partial charge in [0.05, 0.1) is 17.7 Å². The first-order valence-electron chi connectivity index (χ1n) is 7.89. The van der Waals surface area contributed by atoms with Crippen LogP contribution in [0.2, 0.25) is 5.02 Å². The number of rotatable bonds is 6. The third kappa shape index (κ3) is 5.66. The molecule has 0 aromatic heterocycles. The van der Waals surface area contributed by atoms with Gasteiger partial charge in [-0.25, -0.2) is 0 Å². The van der Waals surface area contributed by atoms with Crippen LogP contribution in [0.3, 0.4) is 0 Å². The van der Waals surface area contributed by atoms with Crippen molar-refractivity contribution in [2.45, 2.75) is 12.7 Å². The number of methoxy groups -OCH3 is 1. The maximum absolute atomic E-state index is 12.9. The fourth-order valence-corrected chi connectivity index (χ4v) is 2.45. The van der Waals surface area contributed by atoms with Crippen LogP contribution in [0.1, 0.15) is 11.1 Å². The molecule has 5 nitrogen and oxygen atoms in total. The first-order valence-corrected chi connectivity index (χ1v) is 8.27. The first kappa shape index (κ1) is 21.1. The number of amides is 1. The van der Waals surface area contributed by atoms with Gasteiger partial charge in [0.15, 0.2) is 0 Å². The molecular formula is C19H15ClF3N3O2. The highest BCUT2D eigenvalue weighted by Gasteiger charge is 2.33. The van der Waals surface area contributed by atoms with Gasteiger partial charge in [0, 0.05) is 18.4 Å². The van der Waals surface area contributed by atoms with Crippen LogP contribution in [0.25, 0.3) is 0 Å². The molecule has 9 heteroatoms. The number of ether oxygens (including phenoxy) is 1. The summed E-state index contributed by atoms with van der Waals surface area (Å²) >= 11 is 5.54. The molecule has 146 valence electrons. The second-order valence-corrected chi connectivity index (χ2v) is 5.96. The summed E-state index contributed by atoms with van der Waals surface area (Å²) in [5.41, 5.74) is -0.659. The molecule has 0 aliphatic rings. The normalized spacial score (nSPS) is 11.5. The van der Waals surface area contributed by atoms with Crippen molar-refractivity contribution in [2.75, 3.05) is 12.4 Å². The molecule has 2 aromatic carbocycles. The van der Waals surface area contributed by atoms with E-state index < -0.39 is 22.7 Å². The zero-order chi connectivity index (χ0) is 20.7. The second kappa shape index (κ2) is 9.15. The van der Waals surface area contributed by atoms with Crippen molar-refractivity contribution in [3.8, 4) is 11.8 Å². The van der Waals surface area contributed by atoms with Gasteiger partial charge in [-0.15, -0.1) is 0 Å². The highest BCUT2D eigenvalue weighted by Crippen LogP contribution is 2.36. The van der Waals surface area contributed by atoms with Gasteiger partial charge in [-0.05, 0) is 35.9 Å². The third-order valence-corrected chi connectivity index (χ3v) is 3.91. The highest BCUT2D eigenvalue weighted by atomic mass is 35.5. The van der Waals surface area contributed by atoms with Crippen LogP contribution in [0.4, 0.5) is 18.9 Å². The molecule has 28 heavy (non-hydrogen) atoms. The Morgan fingerprint density at radius 1 is 1.29 bits per heavy atom. The minimum Gasteiger partial charge on any atom is -0.497 e. The zero-order valence-electron chi connectivity index (χ0n) is 14.6. The number of alkyl halides is 3. The van der Waals surface area contributed by atoms with Crippen molar-refractivity contribution in [2.24, 2.45) is 0 Å². The molecule has 0 unspecified atom stereocenters. The molecule has 0 saturated carbocycles. The van der Waals surface area contributed by atoms with E-state index in [0.717, 1.165) is 11.6 Å². The lowest BCUT2D eigenvalue weighted by atomic mass is 10.2. The molecule has 0 radical (unpaired) electrons. The number of benzene rings is 2. The van der Waals surface area contributed by atoms with Gasteiger partial charge >= 0.3 is 6.18 Å². The van der Waals surface area contributed by atoms with Gasteiger partial charge in [-0.1, -0.05) is 23.7 Å². The maximum Gasteiger partial charge on any atom is 0.417 e. The summed E-state index contributed by atoms with van der Waals surface area (Å²) in [5.74, 6) is -0.194. The molecule has 0 aliphatic carbocycles. The van der Waals surface area contributed by atoms with Gasteiger partial charge in [-0.2, -0.15) is 18.4 Å². The molecule has 0 bridgehead atoms. The smallest absolute Gasteiger partial charge is 0.417 e. The number of hydrogen-bond acceptors (Lipinski definition) is 4. The van der Waals surface area contributed by atoms with Gasteiger partial charge in [0.1, 0.15) is 17.4 Å². The molecule has 0 saturated heterocycles. The molecule has 2 rings (SSSR count). The van der Waals surface area contributed by atoms with Crippen molar-refractivity contribution in [1.29, 1.82) is 5.26 Å². The molecule has 0 aliphatic heterocycles. The van der Waals surface area contributed by atoms with Gasteiger partial charge in [0.25, 0.3) is 5.91 Å². The van der Waals surface area contributed by atoms with E-state index in [1.165, 1.54) is 19.4 Å². The standard InChI is InChI=1S/C19H15ClF3N3O2/c1-28-15-4-2-3-12(7-15)10-25-11-13(9-24)18(27)26-14-5-6-17(20)16(8-14)19(21,22)23/h2-8,11,25H,10H2,1H3,(H,26,27)/b13-11-. The van der Waals surface area contributed by atoms with Crippen molar-refractivity contribution >= 4 is 23.2 Å². The van der Waals surface area contributed by atoms with Crippen molar-refractivity contribution in [1.82, 2.24) is 5.32 Å². The number of nitriles is 1.